The lowest BCUT2D eigenvalue weighted by Crippen LogP contribution is -2.40. The van der Waals surface area contributed by atoms with Crippen LogP contribution in [0.15, 0.2) is 48.5 Å². The van der Waals surface area contributed by atoms with Gasteiger partial charge in [0, 0.05) is 32.0 Å². The molecule has 2 aromatic rings. The lowest BCUT2D eigenvalue weighted by Gasteiger charge is -2.29. The van der Waals surface area contributed by atoms with Crippen molar-refractivity contribution in [1.29, 1.82) is 0 Å². The number of rotatable bonds is 11. The van der Waals surface area contributed by atoms with Crippen LogP contribution in [0.5, 0.6) is 5.75 Å². The van der Waals surface area contributed by atoms with Gasteiger partial charge in [0.05, 0.1) is 12.7 Å². The minimum absolute atomic E-state index is 0.0432. The summed E-state index contributed by atoms with van der Waals surface area (Å²) in [6.45, 7) is 6.49. The van der Waals surface area contributed by atoms with Crippen molar-refractivity contribution in [2.75, 3.05) is 19.8 Å². The molecule has 0 saturated carbocycles. The van der Waals surface area contributed by atoms with Crippen LogP contribution in [0.1, 0.15) is 50.7 Å². The second-order valence-electron chi connectivity index (χ2n) is 8.20. The number of benzene rings is 2. The van der Waals surface area contributed by atoms with E-state index in [0.717, 1.165) is 43.6 Å². The smallest absolute Gasteiger partial charge is 0.226 e. The van der Waals surface area contributed by atoms with Gasteiger partial charge in [-0.15, -0.1) is 0 Å². The van der Waals surface area contributed by atoms with E-state index in [0.29, 0.717) is 31.7 Å². The molecule has 0 radical (unpaired) electrons. The van der Waals surface area contributed by atoms with E-state index in [1.54, 1.807) is 12.1 Å². The van der Waals surface area contributed by atoms with Gasteiger partial charge in [0.25, 0.3) is 0 Å². The predicted octanol–water partition coefficient (Wildman–Crippen LogP) is 5.39. The van der Waals surface area contributed by atoms with E-state index >= 15 is 0 Å². The highest BCUT2D eigenvalue weighted by Gasteiger charge is 2.26. The van der Waals surface area contributed by atoms with Crippen LogP contribution in [0.4, 0.5) is 4.39 Å². The molecule has 2 aromatic carbocycles. The molecule has 1 atom stereocenters. The van der Waals surface area contributed by atoms with E-state index in [-0.39, 0.29) is 23.7 Å². The molecule has 3 rings (SSSR count). The molecule has 0 spiro atoms. The molecule has 0 N–H and O–H groups in total. The highest BCUT2D eigenvalue weighted by Crippen LogP contribution is 2.21. The summed E-state index contributed by atoms with van der Waals surface area (Å²) in [6, 6.07) is 14.6. The van der Waals surface area contributed by atoms with Gasteiger partial charge in [0.1, 0.15) is 11.6 Å². The number of carbonyl (C=O) groups is 1. The van der Waals surface area contributed by atoms with Gasteiger partial charge in [-0.3, -0.25) is 4.79 Å². The standard InChI is InChI=1S/C26H34FNO3/c1-3-21(4-2)26(29)28(19-24-12-8-15-30-24)18-20-9-7-11-23(17-20)31-16-14-22-10-5-6-13-25(22)27/h5-7,9-11,13,17,21,24H,3-4,8,12,14-16,18-19H2,1-2H3. The van der Waals surface area contributed by atoms with Crippen LogP contribution in [-0.2, 0) is 22.5 Å². The topological polar surface area (TPSA) is 38.8 Å². The summed E-state index contributed by atoms with van der Waals surface area (Å²) >= 11 is 0. The summed E-state index contributed by atoms with van der Waals surface area (Å²) in [7, 11) is 0. The number of nitrogens with zero attached hydrogens (tertiary/aromatic N) is 1. The summed E-state index contributed by atoms with van der Waals surface area (Å²) in [5, 5.41) is 0. The quantitative estimate of drug-likeness (QED) is 0.483. The van der Waals surface area contributed by atoms with Gasteiger partial charge in [-0.25, -0.2) is 4.39 Å². The van der Waals surface area contributed by atoms with E-state index in [2.05, 4.69) is 13.8 Å². The first-order valence-corrected chi connectivity index (χ1v) is 11.5. The Morgan fingerprint density at radius 1 is 1.19 bits per heavy atom. The molecule has 1 aliphatic rings. The monoisotopic (exact) mass is 427 g/mol. The second kappa shape index (κ2) is 11.8. The third kappa shape index (κ3) is 6.79. The Labute approximate surface area is 185 Å². The third-order valence-electron chi connectivity index (χ3n) is 5.96. The number of ether oxygens (including phenoxy) is 2. The molecule has 0 aromatic heterocycles. The van der Waals surface area contributed by atoms with Crippen molar-refractivity contribution in [2.24, 2.45) is 5.92 Å². The SMILES string of the molecule is CCC(CC)C(=O)N(Cc1cccc(OCCc2ccccc2F)c1)CC1CCCO1. The fraction of sp³-hybridized carbons (Fsp3) is 0.500. The van der Waals surface area contributed by atoms with Gasteiger partial charge in [-0.1, -0.05) is 44.2 Å². The van der Waals surface area contributed by atoms with E-state index in [1.165, 1.54) is 6.07 Å². The number of hydrogen-bond acceptors (Lipinski definition) is 3. The first kappa shape index (κ1) is 23.3. The van der Waals surface area contributed by atoms with Gasteiger partial charge in [0.2, 0.25) is 5.91 Å². The van der Waals surface area contributed by atoms with Crippen molar-refractivity contribution in [3.63, 3.8) is 0 Å². The Bertz CT molecular complexity index is 831. The van der Waals surface area contributed by atoms with Crippen LogP contribution in [0.3, 0.4) is 0 Å². The second-order valence-corrected chi connectivity index (χ2v) is 8.20. The molecule has 1 amide bonds. The number of carbonyl (C=O) groups excluding carboxylic acids is 1. The van der Waals surface area contributed by atoms with Crippen LogP contribution in [-0.4, -0.2) is 36.7 Å². The average Bonchev–Trinajstić information content (AvgIpc) is 3.29. The van der Waals surface area contributed by atoms with Gasteiger partial charge in [-0.05, 0) is 55.0 Å². The molecular formula is C26H34FNO3. The predicted molar refractivity (Wildman–Crippen MR) is 121 cm³/mol. The molecule has 168 valence electrons. The fourth-order valence-corrected chi connectivity index (χ4v) is 4.10. The van der Waals surface area contributed by atoms with Gasteiger partial charge >= 0.3 is 0 Å². The Morgan fingerprint density at radius 2 is 2.00 bits per heavy atom. The van der Waals surface area contributed by atoms with E-state index in [1.807, 2.05) is 35.2 Å². The molecule has 1 saturated heterocycles. The van der Waals surface area contributed by atoms with Gasteiger partial charge < -0.3 is 14.4 Å². The van der Waals surface area contributed by atoms with Crippen molar-refractivity contribution in [3.8, 4) is 5.75 Å². The Kier molecular flexibility index (Phi) is 8.89. The fourth-order valence-electron chi connectivity index (χ4n) is 4.10. The minimum Gasteiger partial charge on any atom is -0.493 e. The summed E-state index contributed by atoms with van der Waals surface area (Å²) in [4.78, 5) is 15.1. The number of hydrogen-bond donors (Lipinski definition) is 0. The zero-order valence-corrected chi connectivity index (χ0v) is 18.7. The van der Waals surface area contributed by atoms with Crippen molar-refractivity contribution >= 4 is 5.91 Å². The summed E-state index contributed by atoms with van der Waals surface area (Å²) in [6.07, 6.45) is 4.38. The lowest BCUT2D eigenvalue weighted by molar-refractivity contribution is -0.138. The molecule has 1 heterocycles. The Morgan fingerprint density at radius 3 is 2.71 bits per heavy atom. The maximum atomic E-state index is 13.8. The average molecular weight is 428 g/mol. The number of halogens is 1. The summed E-state index contributed by atoms with van der Waals surface area (Å²) in [5.74, 6) is 0.776. The molecule has 1 fully saturated rings. The lowest BCUT2D eigenvalue weighted by atomic mass is 10.0. The summed E-state index contributed by atoms with van der Waals surface area (Å²) in [5.41, 5.74) is 1.68. The van der Waals surface area contributed by atoms with Gasteiger partial charge in [-0.2, -0.15) is 0 Å². The molecule has 0 aliphatic carbocycles. The first-order valence-electron chi connectivity index (χ1n) is 11.5. The van der Waals surface area contributed by atoms with Crippen molar-refractivity contribution in [3.05, 3.63) is 65.5 Å². The van der Waals surface area contributed by atoms with Crippen molar-refractivity contribution in [2.45, 2.75) is 58.6 Å². The third-order valence-corrected chi connectivity index (χ3v) is 5.96. The van der Waals surface area contributed by atoms with E-state index in [4.69, 9.17) is 9.47 Å². The highest BCUT2D eigenvalue weighted by atomic mass is 19.1. The summed E-state index contributed by atoms with van der Waals surface area (Å²) < 4.78 is 25.5. The zero-order chi connectivity index (χ0) is 22.1. The van der Waals surface area contributed by atoms with Crippen LogP contribution in [0.25, 0.3) is 0 Å². The maximum Gasteiger partial charge on any atom is 0.226 e. The molecule has 1 unspecified atom stereocenters. The van der Waals surface area contributed by atoms with Crippen LogP contribution in [0, 0.1) is 11.7 Å². The van der Waals surface area contributed by atoms with Crippen LogP contribution in [0.2, 0.25) is 0 Å². The molecule has 1 aliphatic heterocycles. The normalized spacial score (nSPS) is 15.9. The number of amides is 1. The largest absolute Gasteiger partial charge is 0.493 e. The molecule has 5 heteroatoms. The minimum atomic E-state index is -0.204. The molecule has 4 nitrogen and oxygen atoms in total. The Balaban J connectivity index is 1.63. The first-order chi connectivity index (χ1) is 15.1. The Hall–Kier alpha value is -2.40. The van der Waals surface area contributed by atoms with Crippen LogP contribution >= 0.6 is 0 Å². The molecule has 0 bridgehead atoms. The van der Waals surface area contributed by atoms with Crippen LogP contribution < -0.4 is 4.74 Å². The van der Waals surface area contributed by atoms with E-state index < -0.39 is 0 Å². The molecular weight excluding hydrogens is 393 g/mol. The maximum absolute atomic E-state index is 13.8. The van der Waals surface area contributed by atoms with Gasteiger partial charge in [0.15, 0.2) is 0 Å². The zero-order valence-electron chi connectivity index (χ0n) is 18.7. The van der Waals surface area contributed by atoms with Crippen molar-refractivity contribution in [1.82, 2.24) is 4.90 Å². The molecule has 31 heavy (non-hydrogen) atoms. The highest BCUT2D eigenvalue weighted by molar-refractivity contribution is 5.78. The van der Waals surface area contributed by atoms with Crippen molar-refractivity contribution < 1.29 is 18.7 Å². The van der Waals surface area contributed by atoms with E-state index in [9.17, 15) is 9.18 Å².